The van der Waals surface area contributed by atoms with Crippen LogP contribution in [0.4, 0.5) is 11.5 Å². The Morgan fingerprint density at radius 1 is 1.00 bits per heavy atom. The quantitative estimate of drug-likeness (QED) is 0.594. The van der Waals surface area contributed by atoms with Gasteiger partial charge in [-0.25, -0.2) is 4.98 Å². The van der Waals surface area contributed by atoms with Crippen molar-refractivity contribution < 1.29 is 14.3 Å². The molecule has 28 heavy (non-hydrogen) atoms. The van der Waals surface area contributed by atoms with E-state index in [1.54, 1.807) is 31.5 Å². The Hall–Kier alpha value is -3.54. The number of ether oxygens (including phenoxy) is 2. The lowest BCUT2D eigenvalue weighted by molar-refractivity contribution is -0.118. The molecule has 0 aliphatic rings. The summed E-state index contributed by atoms with van der Waals surface area (Å²) in [6, 6.07) is 20.8. The first-order valence-corrected chi connectivity index (χ1v) is 9.04. The van der Waals surface area contributed by atoms with E-state index >= 15 is 0 Å². The molecule has 0 saturated heterocycles. The summed E-state index contributed by atoms with van der Waals surface area (Å²) in [6.45, 7) is 0.684. The minimum atomic E-state index is -0.256. The fraction of sp³-hybridized carbons (Fsp3) is 0.182. The van der Waals surface area contributed by atoms with Crippen LogP contribution in [-0.2, 0) is 11.2 Å². The molecule has 0 unspecified atom stereocenters. The topological polar surface area (TPSA) is 72.5 Å². The van der Waals surface area contributed by atoms with Crippen LogP contribution in [-0.4, -0.2) is 31.2 Å². The number of amides is 1. The fourth-order valence-corrected chi connectivity index (χ4v) is 2.67. The van der Waals surface area contributed by atoms with Crippen molar-refractivity contribution in [3.05, 3.63) is 78.5 Å². The molecular formula is C22H23N3O3. The lowest BCUT2D eigenvalue weighted by Gasteiger charge is -2.10. The van der Waals surface area contributed by atoms with Crippen molar-refractivity contribution in [1.29, 1.82) is 0 Å². The van der Waals surface area contributed by atoms with Crippen molar-refractivity contribution in [2.24, 2.45) is 0 Å². The van der Waals surface area contributed by atoms with Gasteiger partial charge in [0, 0.05) is 6.54 Å². The highest BCUT2D eigenvalue weighted by Crippen LogP contribution is 2.18. The minimum Gasteiger partial charge on any atom is -0.496 e. The van der Waals surface area contributed by atoms with Crippen LogP contribution in [0.2, 0.25) is 0 Å². The number of carbonyl (C=O) groups excluding carboxylic acids is 1. The minimum absolute atomic E-state index is 0.0649. The first-order chi connectivity index (χ1) is 13.7. The van der Waals surface area contributed by atoms with Gasteiger partial charge in [-0.3, -0.25) is 4.79 Å². The van der Waals surface area contributed by atoms with E-state index in [1.807, 2.05) is 42.5 Å². The third-order valence-electron chi connectivity index (χ3n) is 4.06. The fourth-order valence-electron chi connectivity index (χ4n) is 2.67. The molecule has 3 rings (SSSR count). The SMILES string of the molecule is COc1ccccc1CCNc1ccc(NC(=O)COc2ccccc2)nc1. The summed E-state index contributed by atoms with van der Waals surface area (Å²) in [5.41, 5.74) is 2.03. The van der Waals surface area contributed by atoms with E-state index in [-0.39, 0.29) is 12.5 Å². The molecule has 144 valence electrons. The smallest absolute Gasteiger partial charge is 0.263 e. The Kier molecular flexibility index (Phi) is 6.84. The summed E-state index contributed by atoms with van der Waals surface area (Å²) in [6.07, 6.45) is 2.52. The summed E-state index contributed by atoms with van der Waals surface area (Å²) in [5.74, 6) is 1.77. The largest absolute Gasteiger partial charge is 0.496 e. The average molecular weight is 377 g/mol. The van der Waals surface area contributed by atoms with Crippen LogP contribution in [0.25, 0.3) is 0 Å². The summed E-state index contributed by atoms with van der Waals surface area (Å²) in [7, 11) is 1.67. The van der Waals surface area contributed by atoms with E-state index < -0.39 is 0 Å². The number of para-hydroxylation sites is 2. The highest BCUT2D eigenvalue weighted by Gasteiger charge is 2.05. The second kappa shape index (κ2) is 9.97. The maximum Gasteiger partial charge on any atom is 0.263 e. The summed E-state index contributed by atoms with van der Waals surface area (Å²) in [5, 5.41) is 6.03. The van der Waals surface area contributed by atoms with Crippen LogP contribution in [0.1, 0.15) is 5.56 Å². The van der Waals surface area contributed by atoms with Crippen LogP contribution in [0.15, 0.2) is 72.9 Å². The first kappa shape index (κ1) is 19.2. The molecule has 0 aliphatic heterocycles. The van der Waals surface area contributed by atoms with E-state index in [0.717, 1.165) is 30.0 Å². The van der Waals surface area contributed by atoms with Gasteiger partial charge >= 0.3 is 0 Å². The molecule has 2 aromatic carbocycles. The molecule has 3 aromatic rings. The van der Waals surface area contributed by atoms with Gasteiger partial charge in [-0.05, 0) is 42.3 Å². The number of hydrogen-bond acceptors (Lipinski definition) is 5. The van der Waals surface area contributed by atoms with Gasteiger partial charge in [-0.2, -0.15) is 0 Å². The van der Waals surface area contributed by atoms with Crippen molar-refractivity contribution >= 4 is 17.4 Å². The number of pyridine rings is 1. The lowest BCUT2D eigenvalue weighted by Crippen LogP contribution is -2.20. The predicted octanol–water partition coefficient (Wildman–Crippen LogP) is 3.76. The Labute approximate surface area is 164 Å². The number of nitrogens with zero attached hydrogens (tertiary/aromatic N) is 1. The molecule has 6 heteroatoms. The van der Waals surface area contributed by atoms with Crippen LogP contribution in [0.3, 0.4) is 0 Å². The highest BCUT2D eigenvalue weighted by atomic mass is 16.5. The third kappa shape index (κ3) is 5.74. The highest BCUT2D eigenvalue weighted by molar-refractivity contribution is 5.91. The third-order valence-corrected chi connectivity index (χ3v) is 4.06. The Morgan fingerprint density at radius 3 is 2.54 bits per heavy atom. The van der Waals surface area contributed by atoms with Crippen LogP contribution in [0.5, 0.6) is 11.5 Å². The number of aromatic nitrogens is 1. The number of methoxy groups -OCH3 is 1. The molecule has 0 atom stereocenters. The zero-order valence-corrected chi connectivity index (χ0v) is 15.7. The average Bonchev–Trinajstić information content (AvgIpc) is 2.74. The Morgan fingerprint density at radius 2 is 1.79 bits per heavy atom. The van der Waals surface area contributed by atoms with Crippen molar-refractivity contribution in [2.45, 2.75) is 6.42 Å². The molecular weight excluding hydrogens is 354 g/mol. The van der Waals surface area contributed by atoms with Gasteiger partial charge in [0.2, 0.25) is 0 Å². The molecule has 0 spiro atoms. The standard InChI is InChI=1S/C22H23N3O3/c1-27-20-10-6-5-7-17(20)13-14-23-18-11-12-21(24-15-18)25-22(26)16-28-19-8-3-2-4-9-19/h2-12,15,23H,13-14,16H2,1H3,(H,24,25,26). The van der Waals surface area contributed by atoms with Crippen LogP contribution >= 0.6 is 0 Å². The predicted molar refractivity (Wildman–Crippen MR) is 110 cm³/mol. The number of hydrogen-bond donors (Lipinski definition) is 2. The number of nitrogens with one attached hydrogen (secondary N) is 2. The maximum absolute atomic E-state index is 12.0. The van der Waals surface area contributed by atoms with E-state index in [9.17, 15) is 4.79 Å². The molecule has 0 aliphatic carbocycles. The van der Waals surface area contributed by atoms with Gasteiger partial charge in [0.1, 0.15) is 17.3 Å². The van der Waals surface area contributed by atoms with E-state index in [4.69, 9.17) is 9.47 Å². The lowest BCUT2D eigenvalue weighted by atomic mass is 10.1. The zero-order valence-electron chi connectivity index (χ0n) is 15.7. The molecule has 2 N–H and O–H groups in total. The van der Waals surface area contributed by atoms with Gasteiger partial charge in [-0.15, -0.1) is 0 Å². The van der Waals surface area contributed by atoms with Gasteiger partial charge in [0.15, 0.2) is 6.61 Å². The number of carbonyl (C=O) groups is 1. The molecule has 6 nitrogen and oxygen atoms in total. The Balaban J connectivity index is 1.43. The summed E-state index contributed by atoms with van der Waals surface area (Å²) in [4.78, 5) is 16.2. The second-order valence-electron chi connectivity index (χ2n) is 6.07. The molecule has 1 heterocycles. The maximum atomic E-state index is 12.0. The van der Waals surface area contributed by atoms with Crippen LogP contribution in [0, 0.1) is 0 Å². The number of rotatable bonds is 9. The van der Waals surface area contributed by atoms with E-state index in [2.05, 4.69) is 21.7 Å². The van der Waals surface area contributed by atoms with Gasteiger partial charge in [0.25, 0.3) is 5.91 Å². The van der Waals surface area contributed by atoms with Gasteiger partial charge in [0.05, 0.1) is 19.0 Å². The number of benzene rings is 2. The molecule has 1 amide bonds. The first-order valence-electron chi connectivity index (χ1n) is 9.04. The normalized spacial score (nSPS) is 10.2. The van der Waals surface area contributed by atoms with Crippen molar-refractivity contribution in [1.82, 2.24) is 4.98 Å². The van der Waals surface area contributed by atoms with Crippen molar-refractivity contribution in [3.8, 4) is 11.5 Å². The van der Waals surface area contributed by atoms with Gasteiger partial charge in [-0.1, -0.05) is 36.4 Å². The van der Waals surface area contributed by atoms with Crippen molar-refractivity contribution in [2.75, 3.05) is 30.9 Å². The summed E-state index contributed by atoms with van der Waals surface area (Å²) < 4.78 is 10.8. The van der Waals surface area contributed by atoms with Crippen molar-refractivity contribution in [3.63, 3.8) is 0 Å². The van der Waals surface area contributed by atoms with E-state index in [1.165, 1.54) is 0 Å². The molecule has 0 radical (unpaired) electrons. The van der Waals surface area contributed by atoms with Crippen LogP contribution < -0.4 is 20.1 Å². The second-order valence-corrected chi connectivity index (χ2v) is 6.07. The molecule has 1 aromatic heterocycles. The number of anilines is 2. The molecule has 0 bridgehead atoms. The Bertz CT molecular complexity index is 883. The zero-order chi connectivity index (χ0) is 19.6. The monoisotopic (exact) mass is 377 g/mol. The molecule has 0 saturated carbocycles. The summed E-state index contributed by atoms with van der Waals surface area (Å²) >= 11 is 0. The van der Waals surface area contributed by atoms with E-state index in [0.29, 0.717) is 11.6 Å². The molecule has 0 fully saturated rings. The van der Waals surface area contributed by atoms with Gasteiger partial charge < -0.3 is 20.1 Å².